The van der Waals surface area contributed by atoms with E-state index in [4.69, 9.17) is 0 Å². The van der Waals surface area contributed by atoms with E-state index in [0.29, 0.717) is 6.42 Å². The van der Waals surface area contributed by atoms with Gasteiger partial charge < -0.3 is 4.74 Å². The summed E-state index contributed by atoms with van der Waals surface area (Å²) in [5, 5.41) is 10.4. The average molecular weight is 255 g/mol. The summed E-state index contributed by atoms with van der Waals surface area (Å²) in [6, 6.07) is 6.37. The van der Waals surface area contributed by atoms with Crippen molar-refractivity contribution in [1.29, 1.82) is 0 Å². The summed E-state index contributed by atoms with van der Waals surface area (Å²) in [7, 11) is 1.37. The van der Waals surface area contributed by atoms with Crippen LogP contribution >= 0.6 is 11.8 Å². The Balaban J connectivity index is 2.32. The Morgan fingerprint density at radius 3 is 2.59 bits per heavy atom. The van der Waals surface area contributed by atoms with Crippen molar-refractivity contribution in [3.63, 3.8) is 0 Å². The molecule has 1 aromatic carbocycles. The van der Waals surface area contributed by atoms with Crippen LogP contribution in [0.25, 0.3) is 0 Å². The number of ether oxygens (including phenoxy) is 1. The van der Waals surface area contributed by atoms with Gasteiger partial charge in [-0.3, -0.25) is 14.9 Å². The summed E-state index contributed by atoms with van der Waals surface area (Å²) in [5.41, 5.74) is 0.0870. The topological polar surface area (TPSA) is 69.4 Å². The number of hydrogen-bond acceptors (Lipinski definition) is 5. The van der Waals surface area contributed by atoms with Gasteiger partial charge in [-0.2, -0.15) is 0 Å². The molecule has 6 heteroatoms. The van der Waals surface area contributed by atoms with Crippen LogP contribution in [0.3, 0.4) is 0 Å². The van der Waals surface area contributed by atoms with Crippen molar-refractivity contribution in [3.8, 4) is 0 Å². The van der Waals surface area contributed by atoms with Crippen LogP contribution in [0.5, 0.6) is 0 Å². The van der Waals surface area contributed by atoms with Crippen LogP contribution < -0.4 is 0 Å². The molecule has 0 saturated carbocycles. The molecular weight excluding hydrogens is 242 g/mol. The largest absolute Gasteiger partial charge is 0.469 e. The smallest absolute Gasteiger partial charge is 0.305 e. The summed E-state index contributed by atoms with van der Waals surface area (Å²) in [6.07, 6.45) is 1.13. The number of hydrogen-bond donors (Lipinski definition) is 0. The normalized spacial score (nSPS) is 9.94. The Labute approximate surface area is 103 Å². The zero-order valence-corrected chi connectivity index (χ0v) is 10.2. The van der Waals surface area contributed by atoms with Gasteiger partial charge in [-0.25, -0.2) is 0 Å². The number of methoxy groups -OCH3 is 1. The van der Waals surface area contributed by atoms with Gasteiger partial charge in [0.1, 0.15) is 0 Å². The van der Waals surface area contributed by atoms with E-state index in [1.165, 1.54) is 19.2 Å². The monoisotopic (exact) mass is 255 g/mol. The lowest BCUT2D eigenvalue weighted by Crippen LogP contribution is -1.99. The van der Waals surface area contributed by atoms with Gasteiger partial charge in [-0.15, -0.1) is 11.8 Å². The lowest BCUT2D eigenvalue weighted by molar-refractivity contribution is -0.384. The number of rotatable bonds is 6. The Hall–Kier alpha value is -1.56. The summed E-state index contributed by atoms with van der Waals surface area (Å²) in [6.45, 7) is 0. The molecule has 0 amide bonds. The number of carbonyl (C=O) groups excluding carboxylic acids is 1. The molecule has 0 fully saturated rings. The second-order valence-corrected chi connectivity index (χ2v) is 4.45. The van der Waals surface area contributed by atoms with Crippen molar-refractivity contribution < 1.29 is 14.5 Å². The quantitative estimate of drug-likeness (QED) is 0.257. The van der Waals surface area contributed by atoms with Crippen LogP contribution in [0.1, 0.15) is 12.8 Å². The highest BCUT2D eigenvalue weighted by Gasteiger charge is 2.04. The molecule has 0 atom stereocenters. The molecular formula is C11H13NO4S. The number of carbonyl (C=O) groups is 1. The fraction of sp³-hybridized carbons (Fsp3) is 0.364. The second kappa shape index (κ2) is 6.90. The maximum atomic E-state index is 10.8. The van der Waals surface area contributed by atoms with E-state index in [2.05, 4.69) is 4.74 Å². The summed E-state index contributed by atoms with van der Waals surface area (Å²) >= 11 is 1.56. The van der Waals surface area contributed by atoms with Crippen molar-refractivity contribution in [1.82, 2.24) is 0 Å². The molecule has 1 rings (SSSR count). The highest BCUT2D eigenvalue weighted by molar-refractivity contribution is 7.99. The van der Waals surface area contributed by atoms with Gasteiger partial charge in [-0.1, -0.05) is 0 Å². The highest BCUT2D eigenvalue weighted by Crippen LogP contribution is 2.22. The third-order valence-electron chi connectivity index (χ3n) is 2.07. The number of esters is 1. The minimum atomic E-state index is -0.425. The molecule has 0 N–H and O–H groups in total. The Bertz CT molecular complexity index is 391. The van der Waals surface area contributed by atoms with Crippen LogP contribution in [-0.2, 0) is 9.53 Å². The highest BCUT2D eigenvalue weighted by atomic mass is 32.2. The van der Waals surface area contributed by atoms with Gasteiger partial charge in [0.15, 0.2) is 0 Å². The van der Waals surface area contributed by atoms with E-state index >= 15 is 0 Å². The molecule has 0 aromatic heterocycles. The van der Waals surface area contributed by atoms with Crippen molar-refractivity contribution in [3.05, 3.63) is 34.4 Å². The van der Waals surface area contributed by atoms with Crippen LogP contribution in [0.2, 0.25) is 0 Å². The number of benzene rings is 1. The van der Waals surface area contributed by atoms with E-state index in [1.54, 1.807) is 23.9 Å². The van der Waals surface area contributed by atoms with E-state index in [9.17, 15) is 14.9 Å². The number of non-ortho nitro benzene ring substituents is 1. The first-order valence-electron chi connectivity index (χ1n) is 5.07. The van der Waals surface area contributed by atoms with Gasteiger partial charge in [0.25, 0.3) is 5.69 Å². The van der Waals surface area contributed by atoms with Crippen molar-refractivity contribution in [2.75, 3.05) is 12.9 Å². The van der Waals surface area contributed by atoms with Crippen LogP contribution in [-0.4, -0.2) is 23.8 Å². The standard InChI is InChI=1S/C11H13NO4S/c1-16-11(13)3-2-8-17-10-6-4-9(5-7-10)12(14)15/h4-7H,2-3,8H2,1H3. The molecule has 17 heavy (non-hydrogen) atoms. The Morgan fingerprint density at radius 2 is 2.06 bits per heavy atom. The molecule has 0 saturated heterocycles. The first-order chi connectivity index (χ1) is 8.13. The summed E-state index contributed by atoms with van der Waals surface area (Å²) in [4.78, 5) is 21.8. The van der Waals surface area contributed by atoms with Crippen molar-refractivity contribution >= 4 is 23.4 Å². The molecule has 5 nitrogen and oxygen atoms in total. The number of nitro groups is 1. The third-order valence-corrected chi connectivity index (χ3v) is 3.17. The fourth-order valence-electron chi connectivity index (χ4n) is 1.17. The Kier molecular flexibility index (Phi) is 5.48. The lowest BCUT2D eigenvalue weighted by Gasteiger charge is -2.01. The predicted octanol–water partition coefficient (Wildman–Crippen LogP) is 2.64. The van der Waals surface area contributed by atoms with Crippen LogP contribution in [0.15, 0.2) is 29.2 Å². The minimum Gasteiger partial charge on any atom is -0.469 e. The van der Waals surface area contributed by atoms with Gasteiger partial charge in [0.05, 0.1) is 12.0 Å². The van der Waals surface area contributed by atoms with Gasteiger partial charge in [-0.05, 0) is 24.3 Å². The molecule has 0 aliphatic heterocycles. The van der Waals surface area contributed by atoms with E-state index in [0.717, 1.165) is 17.1 Å². The molecule has 0 heterocycles. The molecule has 92 valence electrons. The maximum Gasteiger partial charge on any atom is 0.305 e. The molecule has 0 radical (unpaired) electrons. The second-order valence-electron chi connectivity index (χ2n) is 3.28. The molecule has 0 aliphatic carbocycles. The molecule has 0 bridgehead atoms. The summed E-state index contributed by atoms with van der Waals surface area (Å²) < 4.78 is 4.52. The van der Waals surface area contributed by atoms with E-state index in [-0.39, 0.29) is 11.7 Å². The molecule has 0 spiro atoms. The molecule has 0 aliphatic rings. The third kappa shape index (κ3) is 4.86. The van der Waals surface area contributed by atoms with Crippen molar-refractivity contribution in [2.24, 2.45) is 0 Å². The van der Waals surface area contributed by atoms with Crippen LogP contribution in [0, 0.1) is 10.1 Å². The number of thioether (sulfide) groups is 1. The SMILES string of the molecule is COC(=O)CCCSc1ccc([N+](=O)[O-])cc1. The fourth-order valence-corrected chi connectivity index (χ4v) is 2.03. The Morgan fingerprint density at radius 1 is 1.41 bits per heavy atom. The lowest BCUT2D eigenvalue weighted by atomic mass is 10.3. The van der Waals surface area contributed by atoms with Crippen molar-refractivity contribution in [2.45, 2.75) is 17.7 Å². The van der Waals surface area contributed by atoms with Gasteiger partial charge in [0.2, 0.25) is 0 Å². The number of nitro benzene ring substituents is 1. The first-order valence-corrected chi connectivity index (χ1v) is 6.06. The average Bonchev–Trinajstić information content (AvgIpc) is 2.34. The zero-order valence-electron chi connectivity index (χ0n) is 9.42. The maximum absolute atomic E-state index is 10.8. The van der Waals surface area contributed by atoms with Crippen LogP contribution in [0.4, 0.5) is 5.69 Å². The zero-order chi connectivity index (χ0) is 12.7. The first kappa shape index (κ1) is 13.5. The molecule has 1 aromatic rings. The van der Waals surface area contributed by atoms with Gasteiger partial charge >= 0.3 is 5.97 Å². The predicted molar refractivity (Wildman–Crippen MR) is 65.1 cm³/mol. The van der Waals surface area contributed by atoms with Gasteiger partial charge in [0, 0.05) is 23.4 Å². The summed E-state index contributed by atoms with van der Waals surface area (Å²) in [5.74, 6) is 0.571. The minimum absolute atomic E-state index is 0.0870. The molecule has 0 unspecified atom stereocenters. The van der Waals surface area contributed by atoms with E-state index < -0.39 is 4.92 Å². The number of nitrogens with zero attached hydrogens (tertiary/aromatic N) is 1. The van der Waals surface area contributed by atoms with E-state index in [1.807, 2.05) is 0 Å².